The van der Waals surface area contributed by atoms with Gasteiger partial charge in [0.05, 0.1) is 28.2 Å². The Morgan fingerprint density at radius 2 is 2.16 bits per heavy atom. The van der Waals surface area contributed by atoms with Gasteiger partial charge in [0.25, 0.3) is 0 Å². The summed E-state index contributed by atoms with van der Waals surface area (Å²) < 4.78 is 38.1. The Labute approximate surface area is 112 Å². The van der Waals surface area contributed by atoms with Crippen LogP contribution >= 0.6 is 0 Å². The normalized spacial score (nSPS) is 11.7. The first-order valence-corrected chi connectivity index (χ1v) is 6.72. The lowest BCUT2D eigenvalue weighted by atomic mass is 10.3. The van der Waals surface area contributed by atoms with Gasteiger partial charge in [0, 0.05) is 13.6 Å². The number of carbonyl (C=O) groups excluding carboxylic acids is 1. The molecule has 0 heterocycles. The van der Waals surface area contributed by atoms with Crippen molar-refractivity contribution in [3.8, 4) is 6.07 Å². The van der Waals surface area contributed by atoms with Crippen LogP contribution in [0.3, 0.4) is 0 Å². The van der Waals surface area contributed by atoms with Crippen LogP contribution in [0, 0.1) is 23.0 Å². The van der Waals surface area contributed by atoms with Crippen molar-refractivity contribution in [2.75, 3.05) is 19.3 Å². The topological polar surface area (TPSA) is 61.2 Å². The van der Waals surface area contributed by atoms with Gasteiger partial charge in [-0.25, -0.2) is 8.78 Å². The van der Waals surface area contributed by atoms with E-state index in [1.165, 1.54) is 11.9 Å². The molecule has 0 spiro atoms. The molecule has 1 amide bonds. The van der Waals surface area contributed by atoms with Gasteiger partial charge in [-0.3, -0.25) is 9.00 Å². The average Bonchev–Trinajstić information content (AvgIpc) is 2.38. The van der Waals surface area contributed by atoms with Gasteiger partial charge >= 0.3 is 0 Å². The zero-order valence-electron chi connectivity index (χ0n) is 10.2. The van der Waals surface area contributed by atoms with Gasteiger partial charge in [0.15, 0.2) is 0 Å². The van der Waals surface area contributed by atoms with Gasteiger partial charge in [0.1, 0.15) is 17.4 Å². The lowest BCUT2D eigenvalue weighted by molar-refractivity contribution is -0.127. The molecule has 0 bridgehead atoms. The third-order valence-corrected chi connectivity index (χ3v) is 3.69. The van der Waals surface area contributed by atoms with Crippen LogP contribution in [0.2, 0.25) is 0 Å². The Bertz CT molecular complexity index is 543. The fourth-order valence-corrected chi connectivity index (χ4v) is 2.42. The first kappa shape index (κ1) is 15.2. The number of benzene rings is 1. The second kappa shape index (κ2) is 6.95. The quantitative estimate of drug-likeness (QED) is 0.823. The van der Waals surface area contributed by atoms with E-state index in [9.17, 15) is 17.8 Å². The summed E-state index contributed by atoms with van der Waals surface area (Å²) in [4.78, 5) is 12.5. The number of nitriles is 1. The summed E-state index contributed by atoms with van der Waals surface area (Å²) in [6, 6.07) is 4.47. The Kier molecular flexibility index (Phi) is 5.57. The molecule has 0 fully saturated rings. The van der Waals surface area contributed by atoms with E-state index in [1.807, 2.05) is 6.07 Å². The van der Waals surface area contributed by atoms with Crippen LogP contribution in [0.15, 0.2) is 23.1 Å². The van der Waals surface area contributed by atoms with Crippen molar-refractivity contribution in [2.24, 2.45) is 0 Å². The molecule has 1 aromatic rings. The van der Waals surface area contributed by atoms with Crippen LogP contribution in [0.25, 0.3) is 0 Å². The summed E-state index contributed by atoms with van der Waals surface area (Å²) in [5.41, 5.74) is 0. The van der Waals surface area contributed by atoms with Gasteiger partial charge in [-0.1, -0.05) is 0 Å². The van der Waals surface area contributed by atoms with Crippen molar-refractivity contribution in [2.45, 2.75) is 11.3 Å². The predicted octanol–water partition coefficient (Wildman–Crippen LogP) is 1.44. The molecule has 0 aliphatic heterocycles. The summed E-state index contributed by atoms with van der Waals surface area (Å²) in [6.45, 7) is 0.207. The van der Waals surface area contributed by atoms with Gasteiger partial charge in [-0.2, -0.15) is 5.26 Å². The summed E-state index contributed by atoms with van der Waals surface area (Å²) in [5.74, 6) is -2.46. The minimum atomic E-state index is -1.95. The molecule has 0 N–H and O–H groups in total. The number of hydrogen-bond donors (Lipinski definition) is 0. The molecule has 0 saturated heterocycles. The molecule has 1 atom stereocenters. The van der Waals surface area contributed by atoms with Crippen molar-refractivity contribution in [3.63, 3.8) is 0 Å². The molecular formula is C12H12F2N2O2S. The fraction of sp³-hybridized carbons (Fsp3) is 0.333. The number of halogens is 2. The zero-order chi connectivity index (χ0) is 14.4. The van der Waals surface area contributed by atoms with Crippen LogP contribution < -0.4 is 0 Å². The van der Waals surface area contributed by atoms with Gasteiger partial charge in [0.2, 0.25) is 5.91 Å². The van der Waals surface area contributed by atoms with Crippen LogP contribution in [0.4, 0.5) is 8.78 Å². The molecule has 0 radical (unpaired) electrons. The lowest BCUT2D eigenvalue weighted by Crippen LogP contribution is -2.31. The molecule has 0 aliphatic carbocycles. The van der Waals surface area contributed by atoms with Gasteiger partial charge in [-0.05, 0) is 18.2 Å². The Morgan fingerprint density at radius 1 is 1.47 bits per heavy atom. The van der Waals surface area contributed by atoms with E-state index >= 15 is 0 Å². The third kappa shape index (κ3) is 4.41. The zero-order valence-corrected chi connectivity index (χ0v) is 11.0. The Morgan fingerprint density at radius 3 is 2.79 bits per heavy atom. The Balaban J connectivity index is 2.72. The lowest BCUT2D eigenvalue weighted by Gasteiger charge is -2.15. The van der Waals surface area contributed by atoms with E-state index in [0.717, 1.165) is 18.2 Å². The highest BCUT2D eigenvalue weighted by molar-refractivity contribution is 7.85. The largest absolute Gasteiger partial charge is 0.344 e. The summed E-state index contributed by atoms with van der Waals surface area (Å²) in [5, 5.41) is 8.38. The van der Waals surface area contributed by atoms with Gasteiger partial charge in [-0.15, -0.1) is 0 Å². The monoisotopic (exact) mass is 286 g/mol. The predicted molar refractivity (Wildman–Crippen MR) is 65.5 cm³/mol. The maximum atomic E-state index is 13.3. The molecule has 19 heavy (non-hydrogen) atoms. The molecule has 0 aliphatic rings. The van der Waals surface area contributed by atoms with E-state index in [4.69, 9.17) is 5.26 Å². The first-order chi connectivity index (χ1) is 8.95. The second-order valence-corrected chi connectivity index (χ2v) is 5.21. The SMILES string of the molecule is CN(CCC#N)C(=O)CS(=O)c1cc(F)ccc1F. The molecule has 1 unspecified atom stereocenters. The van der Waals surface area contributed by atoms with Gasteiger partial charge < -0.3 is 4.90 Å². The van der Waals surface area contributed by atoms with Crippen molar-refractivity contribution in [1.82, 2.24) is 4.90 Å². The van der Waals surface area contributed by atoms with E-state index < -0.39 is 34.1 Å². The smallest absolute Gasteiger partial charge is 0.235 e. The van der Waals surface area contributed by atoms with E-state index in [-0.39, 0.29) is 17.9 Å². The minimum Gasteiger partial charge on any atom is -0.344 e. The van der Waals surface area contributed by atoms with Crippen molar-refractivity contribution < 1.29 is 17.8 Å². The number of hydrogen-bond acceptors (Lipinski definition) is 3. The first-order valence-electron chi connectivity index (χ1n) is 5.40. The molecule has 4 nitrogen and oxygen atoms in total. The summed E-state index contributed by atoms with van der Waals surface area (Å²) in [7, 11) is -0.493. The average molecular weight is 286 g/mol. The second-order valence-electron chi connectivity index (χ2n) is 3.79. The number of carbonyl (C=O) groups is 1. The molecule has 102 valence electrons. The standard InChI is InChI=1S/C12H12F2N2O2S/c1-16(6-2-5-15)12(17)8-19(18)11-7-9(13)3-4-10(11)14/h3-4,7H,2,6,8H2,1H3. The van der Waals surface area contributed by atoms with Crippen LogP contribution in [0.1, 0.15) is 6.42 Å². The highest BCUT2D eigenvalue weighted by Crippen LogP contribution is 2.14. The van der Waals surface area contributed by atoms with E-state index in [1.54, 1.807) is 0 Å². The fourth-order valence-electron chi connectivity index (χ4n) is 1.29. The van der Waals surface area contributed by atoms with E-state index in [2.05, 4.69) is 0 Å². The van der Waals surface area contributed by atoms with Crippen molar-refractivity contribution in [1.29, 1.82) is 5.26 Å². The molecule has 0 saturated carbocycles. The maximum absolute atomic E-state index is 13.3. The maximum Gasteiger partial charge on any atom is 0.235 e. The molecule has 7 heteroatoms. The highest BCUT2D eigenvalue weighted by atomic mass is 32.2. The summed E-state index contributed by atoms with van der Waals surface area (Å²) >= 11 is 0. The number of nitrogens with zero attached hydrogens (tertiary/aromatic N) is 2. The summed E-state index contributed by atoms with van der Waals surface area (Å²) in [6.07, 6.45) is 0.156. The van der Waals surface area contributed by atoms with Crippen molar-refractivity contribution in [3.05, 3.63) is 29.8 Å². The third-order valence-electron chi connectivity index (χ3n) is 2.38. The molecule has 1 rings (SSSR count). The van der Waals surface area contributed by atoms with Crippen LogP contribution in [-0.2, 0) is 15.6 Å². The Hall–Kier alpha value is -1.81. The van der Waals surface area contributed by atoms with E-state index in [0.29, 0.717) is 0 Å². The number of rotatable bonds is 5. The molecular weight excluding hydrogens is 274 g/mol. The van der Waals surface area contributed by atoms with Crippen LogP contribution in [0.5, 0.6) is 0 Å². The van der Waals surface area contributed by atoms with Crippen LogP contribution in [-0.4, -0.2) is 34.4 Å². The highest BCUT2D eigenvalue weighted by Gasteiger charge is 2.17. The minimum absolute atomic E-state index is 0.156. The number of amides is 1. The van der Waals surface area contributed by atoms with Crippen molar-refractivity contribution >= 4 is 16.7 Å². The molecule has 1 aromatic carbocycles. The molecule has 0 aromatic heterocycles.